The number of hydrogen-bond acceptors (Lipinski definition) is 7. The molecule has 5 rings (SSSR count). The van der Waals surface area contributed by atoms with Crippen LogP contribution in [0.15, 0.2) is 93.9 Å². The van der Waals surface area contributed by atoms with Gasteiger partial charge in [-0.15, -0.1) is 0 Å². The molecule has 2 heterocycles. The Balaban J connectivity index is 1.59. The maximum atomic E-state index is 13.9. The van der Waals surface area contributed by atoms with Gasteiger partial charge < -0.3 is 14.2 Å². The van der Waals surface area contributed by atoms with Crippen molar-refractivity contribution in [1.82, 2.24) is 4.57 Å². The standard InChI is InChI=1S/C31H27ClN2O5S/c1-4-38-30(36)27-19(2)33-31-34(28(27)21-11-15-24(37-3)16-12-21)29(35)26(40-31)17-22-7-5-6-8-25(22)39-18-20-9-13-23(32)14-10-20/h5-17,28H,4,18H2,1-3H3. The molecule has 0 amide bonds. The van der Waals surface area contributed by atoms with Gasteiger partial charge in [0, 0.05) is 10.6 Å². The molecule has 1 aliphatic rings. The third-order valence-electron chi connectivity index (χ3n) is 6.46. The molecular formula is C31H27ClN2O5S. The summed E-state index contributed by atoms with van der Waals surface area (Å²) in [7, 11) is 1.59. The van der Waals surface area contributed by atoms with Crippen molar-refractivity contribution in [2.75, 3.05) is 13.7 Å². The number of rotatable bonds is 8. The monoisotopic (exact) mass is 574 g/mol. The maximum Gasteiger partial charge on any atom is 0.338 e. The summed E-state index contributed by atoms with van der Waals surface area (Å²) in [6, 6.07) is 21.6. The molecule has 1 aromatic heterocycles. The van der Waals surface area contributed by atoms with Crippen LogP contribution in [0, 0.1) is 0 Å². The van der Waals surface area contributed by atoms with Gasteiger partial charge in [0.1, 0.15) is 18.1 Å². The topological polar surface area (TPSA) is 79.1 Å². The first-order chi connectivity index (χ1) is 19.4. The second-order valence-corrected chi connectivity index (χ2v) is 10.5. The van der Waals surface area contributed by atoms with Crippen LogP contribution in [-0.2, 0) is 16.1 Å². The van der Waals surface area contributed by atoms with E-state index in [1.807, 2.05) is 60.7 Å². The summed E-state index contributed by atoms with van der Waals surface area (Å²) in [5.74, 6) is 0.808. The van der Waals surface area contributed by atoms with E-state index in [4.69, 9.17) is 25.8 Å². The largest absolute Gasteiger partial charge is 0.497 e. The lowest BCUT2D eigenvalue weighted by Crippen LogP contribution is -2.39. The number of aromatic nitrogens is 1. The quantitative estimate of drug-likeness (QED) is 0.276. The second-order valence-electron chi connectivity index (χ2n) is 9.03. The molecule has 0 radical (unpaired) electrons. The van der Waals surface area contributed by atoms with E-state index >= 15 is 0 Å². The van der Waals surface area contributed by atoms with Gasteiger partial charge in [-0.2, -0.15) is 0 Å². The van der Waals surface area contributed by atoms with E-state index in [1.54, 1.807) is 43.7 Å². The number of thiazole rings is 1. The minimum absolute atomic E-state index is 0.210. The smallest absolute Gasteiger partial charge is 0.338 e. The molecule has 0 fully saturated rings. The summed E-state index contributed by atoms with van der Waals surface area (Å²) in [5, 5.41) is 0.661. The van der Waals surface area contributed by atoms with Crippen LogP contribution in [0.1, 0.15) is 36.6 Å². The molecule has 0 aliphatic carbocycles. The van der Waals surface area contributed by atoms with Crippen molar-refractivity contribution < 1.29 is 19.0 Å². The zero-order valence-electron chi connectivity index (χ0n) is 22.2. The van der Waals surface area contributed by atoms with Crippen molar-refractivity contribution in [2.24, 2.45) is 4.99 Å². The molecule has 1 unspecified atom stereocenters. The number of benzene rings is 3. The highest BCUT2D eigenvalue weighted by Gasteiger charge is 2.33. The highest BCUT2D eigenvalue weighted by atomic mass is 35.5. The highest BCUT2D eigenvalue weighted by Crippen LogP contribution is 2.31. The maximum absolute atomic E-state index is 13.9. The van der Waals surface area contributed by atoms with Crippen molar-refractivity contribution in [3.8, 4) is 11.5 Å². The van der Waals surface area contributed by atoms with Crippen LogP contribution in [0.25, 0.3) is 6.08 Å². The molecule has 3 aromatic carbocycles. The van der Waals surface area contributed by atoms with Gasteiger partial charge in [0.05, 0.1) is 35.6 Å². The number of nitrogens with zero attached hydrogens (tertiary/aromatic N) is 2. The van der Waals surface area contributed by atoms with Gasteiger partial charge in [-0.1, -0.05) is 65.4 Å². The Morgan fingerprint density at radius 2 is 1.80 bits per heavy atom. The third kappa shape index (κ3) is 5.59. The Hall–Kier alpha value is -4.14. The van der Waals surface area contributed by atoms with Crippen LogP contribution in [0.4, 0.5) is 0 Å². The van der Waals surface area contributed by atoms with Crippen molar-refractivity contribution in [3.05, 3.63) is 125 Å². The Kier molecular flexibility index (Phi) is 8.19. The Morgan fingerprint density at radius 1 is 1.07 bits per heavy atom. The lowest BCUT2D eigenvalue weighted by atomic mass is 9.96. The van der Waals surface area contributed by atoms with Crippen LogP contribution in [0.5, 0.6) is 11.5 Å². The molecule has 1 aliphatic heterocycles. The highest BCUT2D eigenvalue weighted by molar-refractivity contribution is 7.07. The lowest BCUT2D eigenvalue weighted by Gasteiger charge is -2.24. The van der Waals surface area contributed by atoms with Crippen molar-refractivity contribution in [2.45, 2.75) is 26.5 Å². The van der Waals surface area contributed by atoms with Gasteiger partial charge in [0.15, 0.2) is 4.80 Å². The van der Waals surface area contributed by atoms with E-state index in [-0.39, 0.29) is 12.2 Å². The van der Waals surface area contributed by atoms with Crippen LogP contribution in [0.3, 0.4) is 0 Å². The average molecular weight is 575 g/mol. The summed E-state index contributed by atoms with van der Waals surface area (Å²) in [6.07, 6.45) is 1.80. The third-order valence-corrected chi connectivity index (χ3v) is 7.70. The molecule has 0 saturated carbocycles. The first-order valence-electron chi connectivity index (χ1n) is 12.7. The molecule has 0 N–H and O–H groups in total. The van der Waals surface area contributed by atoms with E-state index in [9.17, 15) is 9.59 Å². The molecular weight excluding hydrogens is 548 g/mol. The first kappa shape index (κ1) is 27.4. The molecule has 7 nitrogen and oxygen atoms in total. The first-order valence-corrected chi connectivity index (χ1v) is 13.9. The van der Waals surface area contributed by atoms with Gasteiger partial charge in [-0.25, -0.2) is 9.79 Å². The Bertz CT molecular complexity index is 1760. The van der Waals surface area contributed by atoms with Gasteiger partial charge in [0.25, 0.3) is 5.56 Å². The zero-order chi connectivity index (χ0) is 28.2. The second kappa shape index (κ2) is 11.9. The van der Waals surface area contributed by atoms with E-state index in [0.29, 0.717) is 43.7 Å². The number of carbonyl (C=O) groups is 1. The molecule has 4 aromatic rings. The summed E-state index contributed by atoms with van der Waals surface area (Å²) in [6.45, 7) is 4.07. The van der Waals surface area contributed by atoms with Crippen LogP contribution in [-0.4, -0.2) is 24.3 Å². The summed E-state index contributed by atoms with van der Waals surface area (Å²) >= 11 is 7.26. The fraction of sp³-hybridized carbons (Fsp3) is 0.194. The predicted octanol–water partition coefficient (Wildman–Crippen LogP) is 5.04. The molecule has 9 heteroatoms. The van der Waals surface area contributed by atoms with Crippen LogP contribution < -0.4 is 24.4 Å². The van der Waals surface area contributed by atoms with Crippen LogP contribution >= 0.6 is 22.9 Å². The number of esters is 1. The summed E-state index contributed by atoms with van der Waals surface area (Å²) in [5.41, 5.74) is 3.06. The van der Waals surface area contributed by atoms with Gasteiger partial charge in [-0.05, 0) is 61.4 Å². The molecule has 0 saturated heterocycles. The minimum atomic E-state index is -0.695. The van der Waals surface area contributed by atoms with E-state index in [0.717, 1.165) is 16.7 Å². The number of fused-ring (bicyclic) bond motifs is 1. The van der Waals surface area contributed by atoms with Gasteiger partial charge >= 0.3 is 5.97 Å². The van der Waals surface area contributed by atoms with Crippen molar-refractivity contribution in [1.29, 1.82) is 0 Å². The molecule has 1 atom stereocenters. The summed E-state index contributed by atoms with van der Waals surface area (Å²) < 4.78 is 18.8. The fourth-order valence-corrected chi connectivity index (χ4v) is 5.67. The number of para-hydroxylation sites is 1. The van der Waals surface area contributed by atoms with Crippen molar-refractivity contribution in [3.63, 3.8) is 0 Å². The number of hydrogen-bond donors (Lipinski definition) is 0. The molecule has 0 spiro atoms. The van der Waals surface area contributed by atoms with Gasteiger partial charge in [-0.3, -0.25) is 9.36 Å². The Labute approximate surface area is 240 Å². The number of halogens is 1. The minimum Gasteiger partial charge on any atom is -0.497 e. The number of allylic oxidation sites excluding steroid dienone is 1. The number of methoxy groups -OCH3 is 1. The molecule has 0 bridgehead atoms. The fourth-order valence-electron chi connectivity index (χ4n) is 4.51. The van der Waals surface area contributed by atoms with E-state index in [2.05, 4.69) is 4.99 Å². The van der Waals surface area contributed by atoms with E-state index in [1.165, 1.54) is 11.3 Å². The average Bonchev–Trinajstić information content (AvgIpc) is 3.26. The van der Waals surface area contributed by atoms with Gasteiger partial charge in [0.2, 0.25) is 0 Å². The van der Waals surface area contributed by atoms with Crippen LogP contribution in [0.2, 0.25) is 5.02 Å². The molecule has 204 valence electrons. The zero-order valence-corrected chi connectivity index (χ0v) is 23.8. The molecule has 40 heavy (non-hydrogen) atoms. The number of carbonyl (C=O) groups excluding carboxylic acids is 1. The Morgan fingerprint density at radius 3 is 2.50 bits per heavy atom. The van der Waals surface area contributed by atoms with E-state index < -0.39 is 12.0 Å². The predicted molar refractivity (Wildman–Crippen MR) is 156 cm³/mol. The lowest BCUT2D eigenvalue weighted by molar-refractivity contribution is -0.139. The normalized spacial score (nSPS) is 14.9. The number of ether oxygens (including phenoxy) is 3. The van der Waals surface area contributed by atoms with Crippen molar-refractivity contribution >= 4 is 35.0 Å². The SMILES string of the molecule is CCOC(=O)C1=C(C)N=c2sc(=Cc3ccccc3OCc3ccc(Cl)cc3)c(=O)n2C1c1ccc(OC)cc1. The summed E-state index contributed by atoms with van der Waals surface area (Å²) in [4.78, 5) is 32.1.